The molecule has 6 heteroatoms. The van der Waals surface area contributed by atoms with Gasteiger partial charge in [0.1, 0.15) is 5.69 Å². The number of benzene rings is 2. The molecular weight excluding hydrogens is 407 g/mol. The molecule has 0 bridgehead atoms. The van der Waals surface area contributed by atoms with Crippen molar-refractivity contribution in [3.63, 3.8) is 0 Å². The topological polar surface area (TPSA) is 35.6 Å². The summed E-state index contributed by atoms with van der Waals surface area (Å²) in [6, 6.07) is 12.9. The second kappa shape index (κ2) is 8.73. The van der Waals surface area contributed by atoms with Gasteiger partial charge in [0.05, 0.1) is 13.2 Å². The third-order valence-corrected chi connectivity index (χ3v) is 5.38. The highest BCUT2D eigenvalue weighted by Crippen LogP contribution is 2.41. The van der Waals surface area contributed by atoms with Crippen molar-refractivity contribution in [2.75, 3.05) is 6.61 Å². The maximum atomic E-state index is 12.6. The van der Waals surface area contributed by atoms with Crippen molar-refractivity contribution < 1.29 is 9.53 Å². The second-order valence-corrected chi connectivity index (χ2v) is 7.31. The van der Waals surface area contributed by atoms with E-state index in [1.54, 1.807) is 30.7 Å². The van der Waals surface area contributed by atoms with Crippen molar-refractivity contribution in [1.29, 1.82) is 0 Å². The minimum Gasteiger partial charge on any atom is -0.461 e. The molecule has 148 valence electrons. The Kier molecular flexibility index (Phi) is 6.32. The molecule has 4 nitrogen and oxygen atoms in total. The van der Waals surface area contributed by atoms with Gasteiger partial charge in [-0.05, 0) is 42.7 Å². The van der Waals surface area contributed by atoms with Crippen LogP contribution in [0.5, 0.6) is 0 Å². The minimum absolute atomic E-state index is 0.268. The molecule has 1 aromatic heterocycles. The van der Waals surface area contributed by atoms with Crippen LogP contribution >= 0.6 is 23.2 Å². The molecule has 0 spiro atoms. The Labute approximate surface area is 180 Å². The molecule has 0 aliphatic carbocycles. The summed E-state index contributed by atoms with van der Waals surface area (Å²) in [6.07, 6.45) is 0.636. The van der Waals surface area contributed by atoms with E-state index in [0.717, 1.165) is 22.4 Å². The average molecular weight is 427 g/mol. The zero-order chi connectivity index (χ0) is 21.1. The molecule has 0 N–H and O–H groups in total. The van der Waals surface area contributed by atoms with E-state index in [9.17, 15) is 4.79 Å². The maximum absolute atomic E-state index is 12.6. The third-order valence-electron chi connectivity index (χ3n) is 4.82. The lowest BCUT2D eigenvalue weighted by Gasteiger charge is -2.10. The first-order chi connectivity index (χ1) is 13.9. The number of hydrogen-bond acceptors (Lipinski definition) is 2. The number of ether oxygens (including phenoxy) is 1. The van der Waals surface area contributed by atoms with E-state index in [1.165, 1.54) is 0 Å². The zero-order valence-electron chi connectivity index (χ0n) is 16.4. The van der Waals surface area contributed by atoms with E-state index >= 15 is 0 Å². The fourth-order valence-electron chi connectivity index (χ4n) is 3.49. The number of carbonyl (C=O) groups is 1. The molecular formula is C23H20Cl2N2O2. The van der Waals surface area contributed by atoms with Gasteiger partial charge in [-0.25, -0.2) is 9.64 Å². The fourth-order valence-corrected chi connectivity index (χ4v) is 3.89. The molecule has 0 aliphatic heterocycles. The van der Waals surface area contributed by atoms with Crippen LogP contribution in [-0.4, -0.2) is 17.1 Å². The van der Waals surface area contributed by atoms with Gasteiger partial charge in [-0.15, -0.1) is 0 Å². The second-order valence-electron chi connectivity index (χ2n) is 6.47. The lowest BCUT2D eigenvalue weighted by molar-refractivity contribution is 0.0516. The quantitative estimate of drug-likeness (QED) is 0.326. The van der Waals surface area contributed by atoms with Gasteiger partial charge in [0.2, 0.25) is 5.69 Å². The van der Waals surface area contributed by atoms with Crippen LogP contribution in [0.3, 0.4) is 0 Å². The summed E-state index contributed by atoms with van der Waals surface area (Å²) in [7, 11) is 1.80. The van der Waals surface area contributed by atoms with Crippen molar-refractivity contribution in [3.8, 4) is 22.3 Å². The van der Waals surface area contributed by atoms with E-state index in [4.69, 9.17) is 34.5 Å². The van der Waals surface area contributed by atoms with Gasteiger partial charge in [0, 0.05) is 33.9 Å². The number of halogens is 2. The molecule has 3 aromatic rings. The van der Waals surface area contributed by atoms with Crippen LogP contribution in [0.4, 0.5) is 5.69 Å². The number of esters is 1. The summed E-state index contributed by atoms with van der Waals surface area (Å²) in [5, 5.41) is 1.20. The molecule has 0 amide bonds. The van der Waals surface area contributed by atoms with Crippen molar-refractivity contribution in [3.05, 3.63) is 75.3 Å². The standard InChI is InChI=1S/C23H20Cl2N2O2/c1-5-19-21(26-3)20(22(27(19)4)23(28)29-6-2)15-9-7-14(8-10-15)17-13-16(24)11-12-18(17)25/h7-13H,5-6H2,1-2,4H3. The molecule has 0 unspecified atom stereocenters. The van der Waals surface area contributed by atoms with Crippen LogP contribution in [0.1, 0.15) is 30.0 Å². The van der Waals surface area contributed by atoms with Gasteiger partial charge in [-0.3, -0.25) is 0 Å². The Morgan fingerprint density at radius 2 is 1.76 bits per heavy atom. The Hall–Kier alpha value is -2.74. The summed E-state index contributed by atoms with van der Waals surface area (Å²) in [5.74, 6) is -0.434. The predicted octanol–water partition coefficient (Wildman–Crippen LogP) is 6.96. The Balaban J connectivity index is 2.17. The van der Waals surface area contributed by atoms with Crippen LogP contribution < -0.4 is 0 Å². The van der Waals surface area contributed by atoms with Crippen molar-refractivity contribution in [2.24, 2.45) is 7.05 Å². The molecule has 3 rings (SSSR count). The molecule has 0 saturated heterocycles. The molecule has 0 aliphatic rings. The number of aromatic nitrogens is 1. The lowest BCUT2D eigenvalue weighted by Crippen LogP contribution is -2.12. The normalized spacial score (nSPS) is 10.6. The molecule has 0 atom stereocenters. The van der Waals surface area contributed by atoms with Crippen molar-refractivity contribution in [1.82, 2.24) is 4.57 Å². The van der Waals surface area contributed by atoms with Crippen LogP contribution in [-0.2, 0) is 18.2 Å². The first kappa shape index (κ1) is 21.0. The summed E-state index contributed by atoms with van der Waals surface area (Å²) in [5.41, 5.74) is 4.77. The zero-order valence-corrected chi connectivity index (χ0v) is 17.9. The smallest absolute Gasteiger partial charge is 0.354 e. The lowest BCUT2D eigenvalue weighted by atomic mass is 9.99. The van der Waals surface area contributed by atoms with E-state index in [-0.39, 0.29) is 6.61 Å². The summed E-state index contributed by atoms with van der Waals surface area (Å²) >= 11 is 12.4. The van der Waals surface area contributed by atoms with Gasteiger partial charge < -0.3 is 9.30 Å². The number of carbonyl (C=O) groups excluding carboxylic acids is 1. The van der Waals surface area contributed by atoms with E-state index in [2.05, 4.69) is 4.85 Å². The van der Waals surface area contributed by atoms with Crippen LogP contribution in [0.15, 0.2) is 42.5 Å². The molecule has 0 radical (unpaired) electrons. The maximum Gasteiger partial charge on any atom is 0.354 e. The molecule has 2 aromatic carbocycles. The molecule has 29 heavy (non-hydrogen) atoms. The monoisotopic (exact) mass is 426 g/mol. The van der Waals surface area contributed by atoms with Gasteiger partial charge in [-0.2, -0.15) is 0 Å². The van der Waals surface area contributed by atoms with Crippen molar-refractivity contribution >= 4 is 34.9 Å². The number of hydrogen-bond donors (Lipinski definition) is 0. The SMILES string of the molecule is [C-]#[N+]c1c(-c2ccc(-c3cc(Cl)ccc3Cl)cc2)c(C(=O)OCC)n(C)c1CC. The van der Waals surface area contributed by atoms with E-state index in [1.807, 2.05) is 37.3 Å². The van der Waals surface area contributed by atoms with Crippen molar-refractivity contribution in [2.45, 2.75) is 20.3 Å². The number of nitrogens with zero attached hydrogens (tertiary/aromatic N) is 2. The first-order valence-corrected chi connectivity index (χ1v) is 10.00. The molecule has 1 heterocycles. The van der Waals surface area contributed by atoms with Gasteiger partial charge >= 0.3 is 5.97 Å². The van der Waals surface area contributed by atoms with Gasteiger partial charge in [-0.1, -0.05) is 54.4 Å². The molecule has 0 fully saturated rings. The van der Waals surface area contributed by atoms with E-state index < -0.39 is 5.97 Å². The Morgan fingerprint density at radius 1 is 1.10 bits per heavy atom. The summed E-state index contributed by atoms with van der Waals surface area (Å²) < 4.78 is 7.02. The van der Waals surface area contributed by atoms with Gasteiger partial charge in [0.15, 0.2) is 0 Å². The average Bonchev–Trinajstić information content (AvgIpc) is 3.01. The highest BCUT2D eigenvalue weighted by Gasteiger charge is 2.26. The Bertz CT molecular complexity index is 1110. The first-order valence-electron chi connectivity index (χ1n) is 9.24. The summed E-state index contributed by atoms with van der Waals surface area (Å²) in [4.78, 5) is 16.4. The van der Waals surface area contributed by atoms with Crippen LogP contribution in [0.2, 0.25) is 10.0 Å². The van der Waals surface area contributed by atoms with E-state index in [0.29, 0.717) is 33.4 Å². The highest BCUT2D eigenvalue weighted by molar-refractivity contribution is 6.35. The Morgan fingerprint density at radius 3 is 2.34 bits per heavy atom. The number of rotatable bonds is 5. The summed E-state index contributed by atoms with van der Waals surface area (Å²) in [6.45, 7) is 11.7. The van der Waals surface area contributed by atoms with Crippen LogP contribution in [0, 0.1) is 6.57 Å². The predicted molar refractivity (Wildman–Crippen MR) is 118 cm³/mol. The third kappa shape index (κ3) is 3.89. The minimum atomic E-state index is -0.434. The molecule has 0 saturated carbocycles. The van der Waals surface area contributed by atoms with Crippen LogP contribution in [0.25, 0.3) is 27.1 Å². The fraction of sp³-hybridized carbons (Fsp3) is 0.217. The van der Waals surface area contributed by atoms with Gasteiger partial charge in [0.25, 0.3) is 0 Å². The largest absolute Gasteiger partial charge is 0.461 e. The highest BCUT2D eigenvalue weighted by atomic mass is 35.5.